The van der Waals surface area contributed by atoms with Crippen LogP contribution in [0.2, 0.25) is 0 Å². The van der Waals surface area contributed by atoms with Crippen LogP contribution < -0.4 is 20.5 Å². The molecule has 1 aromatic heterocycles. The SMILES string of the molecule is COc1ccc(Cn2cccc(C(=O)N/N=C\c3cccc(OC(C)C)c3)c2=O)cc1. The van der Waals surface area contributed by atoms with Crippen molar-refractivity contribution in [1.82, 2.24) is 9.99 Å². The minimum absolute atomic E-state index is 0.0186. The lowest BCUT2D eigenvalue weighted by Gasteiger charge is -2.09. The average molecular weight is 419 g/mol. The first-order valence-electron chi connectivity index (χ1n) is 9.89. The van der Waals surface area contributed by atoms with Gasteiger partial charge in [-0.1, -0.05) is 24.3 Å². The predicted molar refractivity (Wildman–Crippen MR) is 120 cm³/mol. The fourth-order valence-corrected chi connectivity index (χ4v) is 2.93. The molecule has 0 unspecified atom stereocenters. The molecule has 7 nitrogen and oxygen atoms in total. The van der Waals surface area contributed by atoms with E-state index < -0.39 is 11.5 Å². The van der Waals surface area contributed by atoms with E-state index in [2.05, 4.69) is 10.5 Å². The van der Waals surface area contributed by atoms with Crippen LogP contribution in [0, 0.1) is 0 Å². The van der Waals surface area contributed by atoms with Gasteiger partial charge in [0.25, 0.3) is 11.5 Å². The summed E-state index contributed by atoms with van der Waals surface area (Å²) in [6, 6.07) is 17.9. The summed E-state index contributed by atoms with van der Waals surface area (Å²) in [7, 11) is 1.60. The fourth-order valence-electron chi connectivity index (χ4n) is 2.93. The van der Waals surface area contributed by atoms with Crippen LogP contribution in [-0.4, -0.2) is 29.9 Å². The van der Waals surface area contributed by atoms with Gasteiger partial charge < -0.3 is 14.0 Å². The second-order valence-electron chi connectivity index (χ2n) is 7.14. The first-order valence-corrected chi connectivity index (χ1v) is 9.89. The van der Waals surface area contributed by atoms with E-state index in [1.54, 1.807) is 19.4 Å². The van der Waals surface area contributed by atoms with Crippen molar-refractivity contribution in [3.05, 3.63) is 93.9 Å². The molecule has 3 aromatic rings. The Kier molecular flexibility index (Phi) is 7.22. The summed E-state index contributed by atoms with van der Waals surface area (Å²) in [6.07, 6.45) is 3.21. The lowest BCUT2D eigenvalue weighted by atomic mass is 10.2. The van der Waals surface area contributed by atoms with E-state index in [1.165, 1.54) is 16.8 Å². The maximum Gasteiger partial charge on any atom is 0.276 e. The fraction of sp³-hybridized carbons (Fsp3) is 0.208. The lowest BCUT2D eigenvalue weighted by molar-refractivity contribution is 0.0953. The average Bonchev–Trinajstić information content (AvgIpc) is 2.75. The molecule has 160 valence electrons. The van der Waals surface area contributed by atoms with E-state index in [9.17, 15) is 9.59 Å². The highest BCUT2D eigenvalue weighted by atomic mass is 16.5. The van der Waals surface area contributed by atoms with Crippen LogP contribution in [0.25, 0.3) is 0 Å². The number of methoxy groups -OCH3 is 1. The van der Waals surface area contributed by atoms with E-state index in [0.717, 1.165) is 22.6 Å². The highest BCUT2D eigenvalue weighted by molar-refractivity contribution is 5.94. The Hall–Kier alpha value is -3.87. The van der Waals surface area contributed by atoms with Gasteiger partial charge in [-0.3, -0.25) is 9.59 Å². The molecule has 0 saturated heterocycles. The molecule has 0 saturated carbocycles. The molecule has 0 aliphatic carbocycles. The Morgan fingerprint density at radius 1 is 1.10 bits per heavy atom. The summed E-state index contributed by atoms with van der Waals surface area (Å²) in [5.41, 5.74) is 3.73. The number of benzene rings is 2. The van der Waals surface area contributed by atoms with Gasteiger partial charge in [-0.15, -0.1) is 0 Å². The summed E-state index contributed by atoms with van der Waals surface area (Å²) in [5, 5.41) is 3.97. The van der Waals surface area contributed by atoms with Gasteiger partial charge in [-0.2, -0.15) is 5.10 Å². The molecule has 1 N–H and O–H groups in total. The van der Waals surface area contributed by atoms with Crippen molar-refractivity contribution in [2.24, 2.45) is 5.10 Å². The molecule has 0 atom stereocenters. The van der Waals surface area contributed by atoms with Gasteiger partial charge in [-0.05, 0) is 61.4 Å². The highest BCUT2D eigenvalue weighted by Crippen LogP contribution is 2.14. The predicted octanol–water partition coefficient (Wildman–Crippen LogP) is 3.46. The summed E-state index contributed by atoms with van der Waals surface area (Å²) >= 11 is 0. The number of carbonyl (C=O) groups excluding carboxylic acids is 1. The maximum absolute atomic E-state index is 12.7. The second kappa shape index (κ2) is 10.2. The summed E-state index contributed by atoms with van der Waals surface area (Å²) < 4.78 is 12.3. The second-order valence-corrected chi connectivity index (χ2v) is 7.14. The van der Waals surface area contributed by atoms with Gasteiger partial charge in [0.15, 0.2) is 0 Å². The number of pyridine rings is 1. The van der Waals surface area contributed by atoms with Crippen LogP contribution in [0.15, 0.2) is 76.8 Å². The smallest absolute Gasteiger partial charge is 0.276 e. The normalized spacial score (nSPS) is 11.0. The quantitative estimate of drug-likeness (QED) is 0.448. The molecule has 0 bridgehead atoms. The Bertz CT molecular complexity index is 1120. The summed E-state index contributed by atoms with van der Waals surface area (Å²) in [4.78, 5) is 25.2. The molecule has 1 amide bonds. The van der Waals surface area contributed by atoms with Crippen molar-refractivity contribution in [2.75, 3.05) is 7.11 Å². The van der Waals surface area contributed by atoms with Crippen molar-refractivity contribution in [3.63, 3.8) is 0 Å². The molecule has 0 aliphatic rings. The van der Waals surface area contributed by atoms with Gasteiger partial charge >= 0.3 is 0 Å². The topological polar surface area (TPSA) is 81.9 Å². The third-order valence-electron chi connectivity index (χ3n) is 4.39. The molecule has 3 rings (SSSR count). The van der Waals surface area contributed by atoms with Crippen molar-refractivity contribution < 1.29 is 14.3 Å². The Balaban J connectivity index is 1.68. The standard InChI is InChI=1S/C24H25N3O4/c1-17(2)31-21-7-4-6-19(14-21)15-25-26-23(28)22-8-5-13-27(24(22)29)16-18-9-11-20(30-3)12-10-18/h4-15,17H,16H2,1-3H3,(H,26,28)/b25-15-. The van der Waals surface area contributed by atoms with Crippen LogP contribution in [0.5, 0.6) is 11.5 Å². The van der Waals surface area contributed by atoms with E-state index in [0.29, 0.717) is 6.54 Å². The van der Waals surface area contributed by atoms with Crippen LogP contribution in [0.3, 0.4) is 0 Å². The monoisotopic (exact) mass is 419 g/mol. The number of nitrogens with one attached hydrogen (secondary N) is 1. The number of amides is 1. The molecule has 0 fully saturated rings. The Morgan fingerprint density at radius 3 is 2.58 bits per heavy atom. The molecular weight excluding hydrogens is 394 g/mol. The molecule has 2 aromatic carbocycles. The van der Waals surface area contributed by atoms with Gasteiger partial charge in [-0.25, -0.2) is 5.43 Å². The largest absolute Gasteiger partial charge is 0.497 e. The number of nitrogens with zero attached hydrogens (tertiary/aromatic N) is 2. The first kappa shape index (κ1) is 21.8. The molecular formula is C24H25N3O4. The zero-order valence-electron chi connectivity index (χ0n) is 17.7. The molecule has 7 heteroatoms. The minimum atomic E-state index is -0.570. The van der Waals surface area contributed by atoms with Crippen LogP contribution >= 0.6 is 0 Å². The van der Waals surface area contributed by atoms with Gasteiger partial charge in [0.1, 0.15) is 17.1 Å². The number of hydrogen-bond acceptors (Lipinski definition) is 5. The van der Waals surface area contributed by atoms with Crippen LogP contribution in [0.1, 0.15) is 35.3 Å². The Labute approximate surface area is 180 Å². The van der Waals surface area contributed by atoms with Crippen molar-refractivity contribution >= 4 is 12.1 Å². The van der Waals surface area contributed by atoms with Crippen molar-refractivity contribution in [3.8, 4) is 11.5 Å². The molecule has 0 spiro atoms. The first-order chi connectivity index (χ1) is 15.0. The third-order valence-corrected chi connectivity index (χ3v) is 4.39. The number of carbonyl (C=O) groups is 1. The van der Waals surface area contributed by atoms with Gasteiger partial charge in [0.2, 0.25) is 0 Å². The molecule has 0 aliphatic heterocycles. The van der Waals surface area contributed by atoms with Crippen molar-refractivity contribution in [1.29, 1.82) is 0 Å². The summed E-state index contributed by atoms with van der Waals surface area (Å²) in [5.74, 6) is 0.887. The van der Waals surface area contributed by atoms with Gasteiger partial charge in [0.05, 0.1) is 26.0 Å². The Morgan fingerprint density at radius 2 is 1.87 bits per heavy atom. The van der Waals surface area contributed by atoms with E-state index >= 15 is 0 Å². The molecule has 31 heavy (non-hydrogen) atoms. The van der Waals surface area contributed by atoms with E-state index in [-0.39, 0.29) is 11.7 Å². The van der Waals surface area contributed by atoms with E-state index in [4.69, 9.17) is 9.47 Å². The number of rotatable bonds is 8. The number of aromatic nitrogens is 1. The zero-order valence-corrected chi connectivity index (χ0v) is 17.7. The van der Waals surface area contributed by atoms with Crippen LogP contribution in [0.4, 0.5) is 0 Å². The third kappa shape index (κ3) is 6.05. The summed E-state index contributed by atoms with van der Waals surface area (Å²) in [6.45, 7) is 4.24. The van der Waals surface area contributed by atoms with Crippen molar-refractivity contribution in [2.45, 2.75) is 26.5 Å². The molecule has 0 radical (unpaired) electrons. The maximum atomic E-state index is 12.7. The van der Waals surface area contributed by atoms with Gasteiger partial charge in [0, 0.05) is 6.20 Å². The lowest BCUT2D eigenvalue weighted by Crippen LogP contribution is -2.30. The number of hydrazone groups is 1. The zero-order chi connectivity index (χ0) is 22.2. The highest BCUT2D eigenvalue weighted by Gasteiger charge is 2.11. The van der Waals surface area contributed by atoms with E-state index in [1.807, 2.05) is 62.4 Å². The van der Waals surface area contributed by atoms with Crippen LogP contribution in [-0.2, 0) is 6.54 Å². The number of ether oxygens (including phenoxy) is 2. The molecule has 1 heterocycles. The minimum Gasteiger partial charge on any atom is -0.497 e. The number of hydrogen-bond donors (Lipinski definition) is 1.